The smallest absolute Gasteiger partial charge is 0.413 e. The normalized spacial score (nSPS) is 19.9. The Balaban J connectivity index is 1.46. The van der Waals surface area contributed by atoms with Gasteiger partial charge in [0.15, 0.2) is 5.82 Å². The summed E-state index contributed by atoms with van der Waals surface area (Å²) in [6, 6.07) is 3.34. The van der Waals surface area contributed by atoms with Crippen molar-refractivity contribution in [3.8, 4) is 17.0 Å². The summed E-state index contributed by atoms with van der Waals surface area (Å²) in [5.74, 6) is 0.497. The Kier molecular flexibility index (Phi) is 5.60. The average molecular weight is 467 g/mol. The first-order chi connectivity index (χ1) is 16.3. The molecule has 1 aromatic carbocycles. The van der Waals surface area contributed by atoms with Crippen LogP contribution in [0.25, 0.3) is 21.9 Å². The summed E-state index contributed by atoms with van der Waals surface area (Å²) in [6.45, 7) is 6.67. The fourth-order valence-corrected chi connectivity index (χ4v) is 4.65. The quantitative estimate of drug-likeness (QED) is 0.502. The fourth-order valence-electron chi connectivity index (χ4n) is 4.65. The number of pyridine rings is 2. The van der Waals surface area contributed by atoms with Crippen LogP contribution in [0.1, 0.15) is 12.5 Å². The van der Waals surface area contributed by atoms with Gasteiger partial charge in [-0.15, -0.1) is 0 Å². The van der Waals surface area contributed by atoms with Crippen LogP contribution in [0.5, 0.6) is 5.88 Å². The van der Waals surface area contributed by atoms with Gasteiger partial charge in [0, 0.05) is 54.5 Å². The molecule has 2 aromatic heterocycles. The molecule has 5 rings (SSSR count). The first-order valence-corrected chi connectivity index (χ1v) is 11.2. The lowest BCUT2D eigenvalue weighted by Crippen LogP contribution is -2.28. The number of nitrogens with one attached hydrogen (secondary N) is 2. The molecule has 0 aliphatic carbocycles. The Bertz CT molecular complexity index is 1280. The van der Waals surface area contributed by atoms with E-state index in [4.69, 9.17) is 15.2 Å². The number of hydrogen-bond donors (Lipinski definition) is 3. The van der Waals surface area contributed by atoms with Crippen molar-refractivity contribution in [1.82, 2.24) is 14.9 Å². The van der Waals surface area contributed by atoms with E-state index in [-0.39, 0.29) is 17.7 Å². The number of likely N-dealkylation sites (N-methyl/N-ethyl adjacent to an activating group) is 1. The van der Waals surface area contributed by atoms with Gasteiger partial charge in [-0.2, -0.15) is 0 Å². The highest BCUT2D eigenvalue weighted by molar-refractivity contribution is 5.99. The van der Waals surface area contributed by atoms with Crippen molar-refractivity contribution < 1.29 is 18.7 Å². The second-order valence-corrected chi connectivity index (χ2v) is 8.96. The van der Waals surface area contributed by atoms with Crippen molar-refractivity contribution in [2.45, 2.75) is 20.0 Å². The summed E-state index contributed by atoms with van der Waals surface area (Å²) >= 11 is 0. The monoisotopic (exact) mass is 466 g/mol. The Morgan fingerprint density at radius 2 is 2.12 bits per heavy atom. The number of halogens is 1. The van der Waals surface area contributed by atoms with Gasteiger partial charge in [0.1, 0.15) is 24.2 Å². The zero-order valence-corrected chi connectivity index (χ0v) is 19.3. The number of carbonyl (C=O) groups excluding carboxylic acids is 1. The zero-order chi connectivity index (χ0) is 24.0. The number of ether oxygens (including phenoxy) is 2. The van der Waals surface area contributed by atoms with E-state index in [0.717, 1.165) is 17.8 Å². The van der Waals surface area contributed by atoms with Crippen molar-refractivity contribution in [3.63, 3.8) is 0 Å². The van der Waals surface area contributed by atoms with Crippen molar-refractivity contribution in [2.24, 2.45) is 5.92 Å². The van der Waals surface area contributed by atoms with Crippen LogP contribution in [-0.4, -0.2) is 60.4 Å². The molecule has 2 aliphatic rings. The van der Waals surface area contributed by atoms with Crippen LogP contribution in [0.2, 0.25) is 0 Å². The van der Waals surface area contributed by atoms with Gasteiger partial charge >= 0.3 is 6.09 Å². The maximum atomic E-state index is 15.3. The van der Waals surface area contributed by atoms with Crippen molar-refractivity contribution >= 4 is 34.1 Å². The first-order valence-electron chi connectivity index (χ1n) is 11.2. The third-order valence-corrected chi connectivity index (χ3v) is 6.45. The van der Waals surface area contributed by atoms with E-state index in [2.05, 4.69) is 25.5 Å². The van der Waals surface area contributed by atoms with Gasteiger partial charge in [-0.3, -0.25) is 5.32 Å². The molecule has 0 saturated carbocycles. The highest BCUT2D eigenvalue weighted by atomic mass is 19.1. The minimum absolute atomic E-state index is 0.0155. The van der Waals surface area contributed by atoms with Gasteiger partial charge in [-0.25, -0.2) is 19.2 Å². The predicted octanol–water partition coefficient (Wildman–Crippen LogP) is 3.63. The molecule has 0 radical (unpaired) electrons. The average Bonchev–Trinajstić information content (AvgIpc) is 3.13. The van der Waals surface area contributed by atoms with Crippen LogP contribution in [0.15, 0.2) is 24.5 Å². The van der Waals surface area contributed by atoms with Crippen LogP contribution >= 0.6 is 0 Å². The number of aromatic nitrogens is 2. The summed E-state index contributed by atoms with van der Waals surface area (Å²) in [7, 11) is 1.99. The molecule has 34 heavy (non-hydrogen) atoms. The highest BCUT2D eigenvalue weighted by Crippen LogP contribution is 2.39. The number of fused-ring (bicyclic) bond motifs is 2. The van der Waals surface area contributed by atoms with E-state index in [9.17, 15) is 4.79 Å². The molecule has 10 heteroatoms. The molecule has 1 amide bonds. The highest BCUT2D eigenvalue weighted by Gasteiger charge is 2.30. The molecule has 1 saturated heterocycles. The molecule has 2 atom stereocenters. The standard InChI is InChI=1S/C24H27FN6O3/c1-12-10-31(3)11-18(12)34-24(32)30-19-7-14-6-15(20(25)21(26)17(14)9-28-19)16-8-29-23-22(13(16)2)27-4-5-33-23/h6-9,12,18,27H,4-5,10-11,26H2,1-3H3,(H,28,30,32)/t12-,18-/m1/s1. The summed E-state index contributed by atoms with van der Waals surface area (Å²) in [4.78, 5) is 23.1. The number of hydrogen-bond acceptors (Lipinski definition) is 8. The summed E-state index contributed by atoms with van der Waals surface area (Å²) < 4.78 is 26.5. The summed E-state index contributed by atoms with van der Waals surface area (Å²) in [5, 5.41) is 7.03. The largest absolute Gasteiger partial charge is 0.474 e. The molecule has 9 nitrogen and oxygen atoms in total. The second kappa shape index (κ2) is 8.60. The van der Waals surface area contributed by atoms with E-state index in [0.29, 0.717) is 53.3 Å². The summed E-state index contributed by atoms with van der Waals surface area (Å²) in [6.07, 6.45) is 2.28. The maximum absolute atomic E-state index is 15.3. The van der Waals surface area contributed by atoms with Crippen LogP contribution in [0.3, 0.4) is 0 Å². The van der Waals surface area contributed by atoms with Gasteiger partial charge < -0.3 is 25.4 Å². The predicted molar refractivity (Wildman–Crippen MR) is 129 cm³/mol. The Morgan fingerprint density at radius 3 is 2.88 bits per heavy atom. The number of nitrogens with two attached hydrogens (primary N) is 1. The Labute approximate surface area is 196 Å². The number of carbonyl (C=O) groups is 1. The summed E-state index contributed by atoms with van der Waals surface area (Å²) in [5.41, 5.74) is 8.60. The van der Waals surface area contributed by atoms with E-state index in [1.807, 2.05) is 20.9 Å². The molecular weight excluding hydrogens is 439 g/mol. The SMILES string of the molecule is Cc1c(-c2cc3cc(NC(=O)O[C@@H]4CN(C)C[C@H]4C)ncc3c(N)c2F)cnc2c1NCCO2. The van der Waals surface area contributed by atoms with Crippen LogP contribution < -0.4 is 21.1 Å². The second-order valence-electron chi connectivity index (χ2n) is 8.96. The molecule has 3 aromatic rings. The van der Waals surface area contributed by atoms with Gasteiger partial charge in [-0.1, -0.05) is 6.92 Å². The van der Waals surface area contributed by atoms with Crippen molar-refractivity contribution in [1.29, 1.82) is 0 Å². The van der Waals surface area contributed by atoms with E-state index in [1.165, 1.54) is 6.20 Å². The van der Waals surface area contributed by atoms with Gasteiger partial charge in [0.05, 0.1) is 5.69 Å². The lowest BCUT2D eigenvalue weighted by molar-refractivity contribution is 0.0974. The van der Waals surface area contributed by atoms with Gasteiger partial charge in [0.25, 0.3) is 0 Å². The van der Waals surface area contributed by atoms with Crippen LogP contribution in [0, 0.1) is 18.7 Å². The number of likely N-dealkylation sites (tertiary alicyclic amines) is 1. The Hall–Kier alpha value is -3.66. The number of nitrogens with zero attached hydrogens (tertiary/aromatic N) is 3. The van der Waals surface area contributed by atoms with Crippen molar-refractivity contribution in [3.05, 3.63) is 35.9 Å². The van der Waals surface area contributed by atoms with Crippen molar-refractivity contribution in [2.75, 3.05) is 49.7 Å². The maximum Gasteiger partial charge on any atom is 0.413 e. The fraction of sp³-hybridized carbons (Fsp3) is 0.375. The molecule has 0 spiro atoms. The van der Waals surface area contributed by atoms with E-state index < -0.39 is 11.9 Å². The topological polar surface area (TPSA) is 115 Å². The third-order valence-electron chi connectivity index (χ3n) is 6.45. The molecular formula is C24H27FN6O3. The first kappa shape index (κ1) is 22.1. The van der Waals surface area contributed by atoms with E-state index in [1.54, 1.807) is 18.3 Å². The molecule has 0 unspecified atom stereocenters. The number of nitrogen functional groups attached to an aromatic ring is 1. The van der Waals surface area contributed by atoms with Gasteiger partial charge in [0.2, 0.25) is 5.88 Å². The number of benzene rings is 1. The number of anilines is 3. The number of rotatable bonds is 3. The Morgan fingerprint density at radius 1 is 1.29 bits per heavy atom. The third kappa shape index (κ3) is 3.94. The molecule has 1 fully saturated rings. The molecule has 4 N–H and O–H groups in total. The molecule has 4 heterocycles. The zero-order valence-electron chi connectivity index (χ0n) is 19.3. The molecule has 2 aliphatic heterocycles. The minimum atomic E-state index is -0.574. The lowest BCUT2D eigenvalue weighted by atomic mass is 9.97. The van der Waals surface area contributed by atoms with Crippen LogP contribution in [-0.2, 0) is 4.74 Å². The molecule has 0 bridgehead atoms. The van der Waals surface area contributed by atoms with Gasteiger partial charge in [-0.05, 0) is 37.1 Å². The van der Waals surface area contributed by atoms with E-state index >= 15 is 4.39 Å². The van der Waals surface area contributed by atoms with Crippen LogP contribution in [0.4, 0.5) is 26.4 Å². The lowest BCUT2D eigenvalue weighted by Gasteiger charge is -2.22. The molecule has 178 valence electrons. The number of amides is 1. The minimum Gasteiger partial charge on any atom is -0.474 e.